The van der Waals surface area contributed by atoms with Gasteiger partial charge in [0.25, 0.3) is 0 Å². The summed E-state index contributed by atoms with van der Waals surface area (Å²) < 4.78 is 0. The number of carbonyl (C=O) groups excluding carboxylic acids is 3. The SMILES string of the molecule is CCCC(=O)[O-].CCCC(=O)[O-].CCCC(=O)[O-].CCO.[Zr+3]. The average Bonchev–Trinajstić information content (AvgIpc) is 2.30. The first-order chi connectivity index (χ1) is 9.72. The monoisotopic (exact) mass is 397 g/mol. The molecule has 0 atom stereocenters. The van der Waals surface area contributed by atoms with Gasteiger partial charge in [0.2, 0.25) is 0 Å². The van der Waals surface area contributed by atoms with Crippen LogP contribution in [0.25, 0.3) is 0 Å². The van der Waals surface area contributed by atoms with Crippen LogP contribution >= 0.6 is 0 Å². The van der Waals surface area contributed by atoms with E-state index in [1.807, 2.05) is 0 Å². The largest absolute Gasteiger partial charge is 3.00 e. The quantitative estimate of drug-likeness (QED) is 0.580. The van der Waals surface area contributed by atoms with E-state index in [0.717, 1.165) is 0 Å². The minimum absolute atomic E-state index is 0. The van der Waals surface area contributed by atoms with E-state index in [4.69, 9.17) is 5.11 Å². The molecule has 22 heavy (non-hydrogen) atoms. The van der Waals surface area contributed by atoms with E-state index in [1.54, 1.807) is 27.7 Å². The number of carboxylic acids is 3. The molecule has 0 saturated heterocycles. The fourth-order valence-corrected chi connectivity index (χ4v) is 0.612. The summed E-state index contributed by atoms with van der Waals surface area (Å²) in [6.07, 6.45) is 2.55. The van der Waals surface area contributed by atoms with Crippen molar-refractivity contribution in [1.29, 1.82) is 0 Å². The van der Waals surface area contributed by atoms with Crippen LogP contribution in [-0.2, 0) is 40.6 Å². The standard InChI is InChI=1S/3C4H8O2.C2H6O.Zr/c3*1-2-3-4(5)6;1-2-3;/h3*2-3H2,1H3,(H,5,6);3H,2H2,1H3;/q;;;;+3/p-3. The third-order valence-electron chi connectivity index (χ3n) is 1.36. The number of aliphatic hydroxyl groups is 1. The Morgan fingerprint density at radius 3 is 0.818 bits per heavy atom. The Morgan fingerprint density at radius 2 is 0.818 bits per heavy atom. The van der Waals surface area contributed by atoms with E-state index >= 15 is 0 Å². The number of hydrogen-bond donors (Lipinski definition) is 1. The Morgan fingerprint density at radius 1 is 0.682 bits per heavy atom. The van der Waals surface area contributed by atoms with Gasteiger partial charge in [0.15, 0.2) is 0 Å². The fraction of sp³-hybridized carbons (Fsp3) is 0.786. The molecule has 0 aromatic heterocycles. The molecular formula is C14H27O7Zr. The molecule has 8 heteroatoms. The first-order valence-electron chi connectivity index (χ1n) is 6.93. The number of hydrogen-bond acceptors (Lipinski definition) is 7. The molecule has 0 aliphatic rings. The molecule has 0 heterocycles. The number of aliphatic hydroxyl groups excluding tert-OH is 1. The summed E-state index contributed by atoms with van der Waals surface area (Å²) in [5, 5.41) is 36.0. The molecule has 7 nitrogen and oxygen atoms in total. The molecule has 0 aromatic carbocycles. The van der Waals surface area contributed by atoms with Crippen LogP contribution in [0.2, 0.25) is 0 Å². The van der Waals surface area contributed by atoms with E-state index < -0.39 is 17.9 Å². The summed E-state index contributed by atoms with van der Waals surface area (Å²) in [7, 11) is 0. The molecule has 129 valence electrons. The zero-order valence-corrected chi connectivity index (χ0v) is 16.3. The molecule has 1 N–H and O–H groups in total. The van der Waals surface area contributed by atoms with E-state index in [1.165, 1.54) is 0 Å². The van der Waals surface area contributed by atoms with Gasteiger partial charge >= 0.3 is 26.2 Å². The molecule has 1 radical (unpaired) electrons. The van der Waals surface area contributed by atoms with Gasteiger partial charge in [0.05, 0.1) is 0 Å². The topological polar surface area (TPSA) is 141 Å². The molecule has 0 spiro atoms. The molecule has 0 bridgehead atoms. The summed E-state index contributed by atoms with van der Waals surface area (Å²) in [4.78, 5) is 28.5. The normalized spacial score (nSPS) is 7.50. The van der Waals surface area contributed by atoms with Crippen molar-refractivity contribution in [2.75, 3.05) is 6.61 Å². The van der Waals surface area contributed by atoms with Crippen LogP contribution in [0.1, 0.15) is 66.2 Å². The number of carbonyl (C=O) groups is 3. The van der Waals surface area contributed by atoms with Crippen molar-refractivity contribution in [2.45, 2.75) is 66.2 Å². The summed E-state index contributed by atoms with van der Waals surface area (Å²) in [6, 6.07) is 0. The van der Waals surface area contributed by atoms with E-state index in [-0.39, 0.29) is 52.1 Å². The van der Waals surface area contributed by atoms with Gasteiger partial charge in [-0.1, -0.05) is 40.0 Å². The van der Waals surface area contributed by atoms with Gasteiger partial charge in [0.1, 0.15) is 0 Å². The predicted octanol–water partition coefficient (Wildman–Crippen LogP) is -1.39. The van der Waals surface area contributed by atoms with Crippen molar-refractivity contribution in [3.63, 3.8) is 0 Å². The van der Waals surface area contributed by atoms with Crippen LogP contribution in [0.5, 0.6) is 0 Å². The first-order valence-corrected chi connectivity index (χ1v) is 6.93. The second-order valence-corrected chi connectivity index (χ2v) is 3.68. The van der Waals surface area contributed by atoms with Crippen LogP contribution in [0.4, 0.5) is 0 Å². The Kier molecular flexibility index (Phi) is 48.4. The van der Waals surface area contributed by atoms with E-state index in [2.05, 4.69) is 0 Å². The molecule has 0 aromatic rings. The fourth-order valence-electron chi connectivity index (χ4n) is 0.612. The van der Waals surface area contributed by atoms with Gasteiger partial charge in [-0.25, -0.2) is 0 Å². The number of aliphatic carboxylic acids is 3. The third kappa shape index (κ3) is 94.2. The van der Waals surface area contributed by atoms with Crippen LogP contribution < -0.4 is 15.3 Å². The van der Waals surface area contributed by atoms with Crippen molar-refractivity contribution in [2.24, 2.45) is 0 Å². The zero-order valence-electron chi connectivity index (χ0n) is 13.8. The van der Waals surface area contributed by atoms with E-state index in [0.29, 0.717) is 19.3 Å². The van der Waals surface area contributed by atoms with Crippen molar-refractivity contribution in [1.82, 2.24) is 0 Å². The number of rotatable bonds is 6. The maximum Gasteiger partial charge on any atom is 3.00 e. The maximum absolute atomic E-state index is 9.49. The van der Waals surface area contributed by atoms with Gasteiger partial charge in [-0.15, -0.1) is 0 Å². The molecule has 0 aliphatic carbocycles. The number of carboxylic acid groups (broad SMARTS) is 3. The third-order valence-corrected chi connectivity index (χ3v) is 1.36. The van der Waals surface area contributed by atoms with Gasteiger partial charge in [0, 0.05) is 24.5 Å². The van der Waals surface area contributed by atoms with Crippen LogP contribution in [0, 0.1) is 0 Å². The zero-order chi connectivity index (χ0) is 17.7. The molecule has 0 saturated carbocycles. The van der Waals surface area contributed by atoms with Gasteiger partial charge in [-0.3, -0.25) is 0 Å². The van der Waals surface area contributed by atoms with Gasteiger partial charge in [-0.2, -0.15) is 0 Å². The first kappa shape index (κ1) is 33.0. The molecule has 0 rings (SSSR count). The van der Waals surface area contributed by atoms with Gasteiger partial charge in [-0.05, 0) is 26.2 Å². The van der Waals surface area contributed by atoms with Crippen LogP contribution in [0.15, 0.2) is 0 Å². The van der Waals surface area contributed by atoms with Crippen molar-refractivity contribution < 1.29 is 61.0 Å². The Labute approximate surface area is 151 Å². The van der Waals surface area contributed by atoms with Crippen molar-refractivity contribution >= 4 is 17.9 Å². The Bertz CT molecular complexity index is 207. The van der Waals surface area contributed by atoms with Crippen LogP contribution in [-0.4, -0.2) is 29.6 Å². The summed E-state index contributed by atoms with van der Waals surface area (Å²) in [6.45, 7) is 7.33. The molecule has 0 amide bonds. The Balaban J connectivity index is -0.0000000591. The van der Waals surface area contributed by atoms with Gasteiger partial charge < -0.3 is 34.8 Å². The van der Waals surface area contributed by atoms with E-state index in [9.17, 15) is 29.7 Å². The van der Waals surface area contributed by atoms with Crippen molar-refractivity contribution in [3.05, 3.63) is 0 Å². The minimum Gasteiger partial charge on any atom is -0.550 e. The second-order valence-electron chi connectivity index (χ2n) is 3.68. The summed E-state index contributed by atoms with van der Waals surface area (Å²) in [5.74, 6) is -2.88. The summed E-state index contributed by atoms with van der Waals surface area (Å²) >= 11 is 0. The second kappa shape index (κ2) is 32.3. The molecule has 0 unspecified atom stereocenters. The molecular weight excluding hydrogens is 371 g/mol. The smallest absolute Gasteiger partial charge is 0.550 e. The molecule has 0 fully saturated rings. The van der Waals surface area contributed by atoms with Crippen LogP contribution in [0.3, 0.4) is 0 Å². The summed E-state index contributed by atoms with van der Waals surface area (Å²) in [5.41, 5.74) is 0. The minimum atomic E-state index is -0.961. The van der Waals surface area contributed by atoms with Crippen molar-refractivity contribution in [3.8, 4) is 0 Å². The predicted molar refractivity (Wildman–Crippen MR) is 72.5 cm³/mol. The molecule has 0 aliphatic heterocycles. The average molecular weight is 399 g/mol. The maximum atomic E-state index is 9.49. The Hall–Kier alpha value is -0.747.